The van der Waals surface area contributed by atoms with E-state index < -0.39 is 11.0 Å². The van der Waals surface area contributed by atoms with Gasteiger partial charge in [-0.2, -0.15) is 0 Å². The topological polar surface area (TPSA) is 29.1 Å². The van der Waals surface area contributed by atoms with E-state index in [9.17, 15) is 4.21 Å². The van der Waals surface area contributed by atoms with Gasteiger partial charge in [0, 0.05) is 6.54 Å². The molecule has 0 fully saturated rings. The van der Waals surface area contributed by atoms with Gasteiger partial charge in [-0.25, -0.2) is 8.93 Å². The summed E-state index contributed by atoms with van der Waals surface area (Å²) in [4.78, 5) is 0. The van der Waals surface area contributed by atoms with Crippen LogP contribution >= 0.6 is 0 Å². The van der Waals surface area contributed by atoms with E-state index in [4.69, 9.17) is 0 Å². The maximum atomic E-state index is 10.6. The molecule has 3 heteroatoms. The van der Waals surface area contributed by atoms with Crippen LogP contribution in [-0.2, 0) is 11.0 Å². The molecule has 0 radical (unpaired) electrons. The highest BCUT2D eigenvalue weighted by Gasteiger charge is 2.02. The van der Waals surface area contributed by atoms with Crippen LogP contribution < -0.4 is 4.72 Å². The van der Waals surface area contributed by atoms with Crippen molar-refractivity contribution < 1.29 is 4.21 Å². The zero-order valence-electron chi connectivity index (χ0n) is 4.81. The van der Waals surface area contributed by atoms with Crippen LogP contribution in [0.2, 0.25) is 0 Å². The predicted octanol–water partition coefficient (Wildman–Crippen LogP) is 0.200. The van der Waals surface area contributed by atoms with Crippen LogP contribution in [0, 0.1) is 0 Å². The van der Waals surface area contributed by atoms with Gasteiger partial charge in [0.1, 0.15) is 0 Å². The van der Waals surface area contributed by atoms with E-state index in [0.717, 1.165) is 6.54 Å². The zero-order valence-corrected chi connectivity index (χ0v) is 5.62. The molecule has 1 N–H and O–H groups in total. The molecular weight excluding hydrogens is 122 g/mol. The first-order valence-electron chi connectivity index (χ1n) is 2.56. The van der Waals surface area contributed by atoms with Gasteiger partial charge < -0.3 is 0 Å². The van der Waals surface area contributed by atoms with E-state index in [0.29, 0.717) is 5.75 Å². The van der Waals surface area contributed by atoms with Gasteiger partial charge in [-0.15, -0.1) is 0 Å². The minimum atomic E-state index is -0.789. The minimum absolute atomic E-state index is 0.694. The Labute approximate surface area is 51.6 Å². The molecule has 1 rings (SSSR count). The summed E-state index contributed by atoms with van der Waals surface area (Å²) < 4.78 is 13.4. The van der Waals surface area contributed by atoms with Gasteiger partial charge in [-0.3, -0.25) is 0 Å². The van der Waals surface area contributed by atoms with E-state index in [2.05, 4.69) is 10.8 Å². The van der Waals surface area contributed by atoms with E-state index in [1.165, 1.54) is 5.57 Å². The largest absolute Gasteiger partial charge is 0.243 e. The first-order valence-corrected chi connectivity index (χ1v) is 3.88. The molecule has 0 saturated carbocycles. The van der Waals surface area contributed by atoms with Crippen LogP contribution in [0.3, 0.4) is 0 Å². The van der Waals surface area contributed by atoms with Gasteiger partial charge in [-0.05, 0) is 6.92 Å². The van der Waals surface area contributed by atoms with Crippen LogP contribution in [-0.4, -0.2) is 16.5 Å². The summed E-state index contributed by atoms with van der Waals surface area (Å²) in [7, 11) is -0.789. The fourth-order valence-electron chi connectivity index (χ4n) is 0.626. The summed E-state index contributed by atoms with van der Waals surface area (Å²) >= 11 is 0. The number of hydrogen-bond acceptors (Lipinski definition) is 1. The van der Waals surface area contributed by atoms with Crippen molar-refractivity contribution >= 4 is 11.0 Å². The van der Waals surface area contributed by atoms with E-state index in [-0.39, 0.29) is 0 Å². The van der Waals surface area contributed by atoms with Crippen molar-refractivity contribution in [2.24, 2.45) is 0 Å². The normalized spacial score (nSPS) is 29.6. The van der Waals surface area contributed by atoms with Crippen LogP contribution in [0.15, 0.2) is 11.6 Å². The van der Waals surface area contributed by atoms with Crippen LogP contribution in [0.1, 0.15) is 6.92 Å². The summed E-state index contributed by atoms with van der Waals surface area (Å²) in [5, 5.41) is 0. The van der Waals surface area contributed by atoms with Gasteiger partial charge in [0.2, 0.25) is 0 Å². The molecule has 0 aliphatic carbocycles. The highest BCUT2D eigenvalue weighted by molar-refractivity contribution is 7.83. The average molecular weight is 131 g/mol. The third-order valence-electron chi connectivity index (χ3n) is 1.05. The lowest BCUT2D eigenvalue weighted by Gasteiger charge is -2.08. The second-order valence-electron chi connectivity index (χ2n) is 1.89. The smallest absolute Gasteiger partial charge is 0.0959 e. The van der Waals surface area contributed by atoms with Gasteiger partial charge >= 0.3 is 0 Å². The van der Waals surface area contributed by atoms with Gasteiger partial charge in [-0.1, -0.05) is 11.6 Å². The molecule has 0 aromatic heterocycles. The molecular formula is C5H9NOS. The Balaban J connectivity index is 2.57. The summed E-state index contributed by atoms with van der Waals surface area (Å²) in [6.45, 7) is 2.76. The first kappa shape index (κ1) is 5.98. The second-order valence-corrected chi connectivity index (χ2v) is 3.16. The molecule has 2 nitrogen and oxygen atoms in total. The first-order chi connectivity index (χ1) is 3.79. The third-order valence-corrected chi connectivity index (χ3v) is 2.26. The van der Waals surface area contributed by atoms with Crippen LogP contribution in [0.4, 0.5) is 0 Å². The molecule has 0 aromatic rings. The van der Waals surface area contributed by atoms with Crippen molar-refractivity contribution in [2.45, 2.75) is 6.92 Å². The van der Waals surface area contributed by atoms with Crippen molar-refractivity contribution in [3.8, 4) is 0 Å². The molecule has 1 aliphatic rings. The maximum Gasteiger partial charge on any atom is 0.0959 e. The zero-order chi connectivity index (χ0) is 5.98. The van der Waals surface area contributed by atoms with Gasteiger partial charge in [0.15, 0.2) is 0 Å². The van der Waals surface area contributed by atoms with E-state index in [1.807, 2.05) is 6.92 Å². The maximum absolute atomic E-state index is 10.6. The minimum Gasteiger partial charge on any atom is -0.243 e. The number of rotatable bonds is 0. The Kier molecular flexibility index (Phi) is 1.81. The van der Waals surface area contributed by atoms with Crippen molar-refractivity contribution in [1.29, 1.82) is 0 Å². The molecule has 1 atom stereocenters. The van der Waals surface area contributed by atoms with E-state index in [1.54, 1.807) is 0 Å². The van der Waals surface area contributed by atoms with Crippen LogP contribution in [0.5, 0.6) is 0 Å². The summed E-state index contributed by atoms with van der Waals surface area (Å²) in [6.07, 6.45) is 2.06. The summed E-state index contributed by atoms with van der Waals surface area (Å²) in [5.74, 6) is 0.694. The third kappa shape index (κ3) is 1.42. The Morgan fingerprint density at radius 2 is 2.62 bits per heavy atom. The molecule has 0 saturated heterocycles. The van der Waals surface area contributed by atoms with Crippen molar-refractivity contribution in [3.63, 3.8) is 0 Å². The van der Waals surface area contributed by atoms with Crippen molar-refractivity contribution in [3.05, 3.63) is 11.6 Å². The van der Waals surface area contributed by atoms with Gasteiger partial charge in [0.25, 0.3) is 0 Å². The molecule has 1 unspecified atom stereocenters. The molecule has 0 bridgehead atoms. The Bertz CT molecular complexity index is 141. The SMILES string of the molecule is CC1=CCNS(=O)C1. The van der Waals surface area contributed by atoms with Gasteiger partial charge in [0.05, 0.1) is 16.7 Å². The lowest BCUT2D eigenvalue weighted by molar-refractivity contribution is 0.675. The molecule has 0 aromatic carbocycles. The molecule has 0 spiro atoms. The highest BCUT2D eigenvalue weighted by Crippen LogP contribution is 1.97. The van der Waals surface area contributed by atoms with Crippen LogP contribution in [0.25, 0.3) is 0 Å². The lowest BCUT2D eigenvalue weighted by atomic mass is 10.3. The number of hydrogen-bond donors (Lipinski definition) is 1. The van der Waals surface area contributed by atoms with Crippen molar-refractivity contribution in [2.75, 3.05) is 12.3 Å². The summed E-state index contributed by atoms with van der Waals surface area (Å²) in [5.41, 5.74) is 1.22. The Morgan fingerprint density at radius 3 is 3.00 bits per heavy atom. The van der Waals surface area contributed by atoms with E-state index >= 15 is 0 Å². The fraction of sp³-hybridized carbons (Fsp3) is 0.600. The van der Waals surface area contributed by atoms with Crippen molar-refractivity contribution in [1.82, 2.24) is 4.72 Å². The molecule has 46 valence electrons. The lowest BCUT2D eigenvalue weighted by Crippen LogP contribution is -2.24. The fourth-order valence-corrected chi connectivity index (χ4v) is 1.53. The highest BCUT2D eigenvalue weighted by atomic mass is 32.2. The molecule has 1 aliphatic heterocycles. The molecule has 1 heterocycles. The second kappa shape index (κ2) is 2.42. The molecule has 8 heavy (non-hydrogen) atoms. The Hall–Kier alpha value is -0.150. The predicted molar refractivity (Wildman–Crippen MR) is 34.8 cm³/mol. The quantitative estimate of drug-likeness (QED) is 0.467. The average Bonchev–Trinajstić information content (AvgIpc) is 1.64. The standard InChI is InChI=1S/C5H9NOS/c1-5-2-3-6-8(7)4-5/h2,6H,3-4H2,1H3. The summed E-state index contributed by atoms with van der Waals surface area (Å²) in [6, 6.07) is 0. The number of nitrogens with one attached hydrogen (secondary N) is 1. The Morgan fingerprint density at radius 1 is 1.88 bits per heavy atom. The molecule has 0 amide bonds. The monoisotopic (exact) mass is 131 g/mol.